The normalized spacial score (nSPS) is 18.2. The van der Waals surface area contributed by atoms with Gasteiger partial charge in [-0.25, -0.2) is 14.2 Å². The lowest BCUT2D eigenvalue weighted by atomic mass is 10.1. The Labute approximate surface area is 176 Å². The largest absolute Gasteiger partial charge is 0.586 e. The van der Waals surface area contributed by atoms with Gasteiger partial charge in [-0.1, -0.05) is 19.9 Å². The van der Waals surface area contributed by atoms with E-state index in [9.17, 15) is 22.4 Å². The summed E-state index contributed by atoms with van der Waals surface area (Å²) in [7, 11) is 1.64. The van der Waals surface area contributed by atoms with E-state index in [1.54, 1.807) is 24.2 Å². The molecule has 1 unspecified atom stereocenters. The highest BCUT2D eigenvalue weighted by Gasteiger charge is 2.43. The molecule has 1 atom stereocenters. The highest BCUT2D eigenvalue weighted by atomic mass is 19.3. The number of halogens is 4. The Kier molecular flexibility index (Phi) is 6.40. The fourth-order valence-corrected chi connectivity index (χ4v) is 3.10. The van der Waals surface area contributed by atoms with Crippen LogP contribution in [0.4, 0.5) is 23.2 Å². The van der Waals surface area contributed by atoms with E-state index in [4.69, 9.17) is 0 Å². The third kappa shape index (κ3) is 4.74. The number of nitrogens with zero attached hydrogens (tertiary/aromatic N) is 1. The van der Waals surface area contributed by atoms with E-state index in [2.05, 4.69) is 20.2 Å². The zero-order valence-corrected chi connectivity index (χ0v) is 17.0. The maximum atomic E-state index is 13.7. The number of nitrogens with one attached hydrogen (secondary N) is 2. The number of benzene rings is 2. The van der Waals surface area contributed by atoms with Crippen LogP contribution in [0.5, 0.6) is 11.5 Å². The molecule has 0 saturated heterocycles. The summed E-state index contributed by atoms with van der Waals surface area (Å²) in [5.74, 6) is -2.18. The molecule has 2 aliphatic rings. The number of Topliss-reactive ketones (excluding diaryl/α,β-unsaturated/α-hetero) is 1. The van der Waals surface area contributed by atoms with Crippen molar-refractivity contribution in [2.75, 3.05) is 18.9 Å². The van der Waals surface area contributed by atoms with Crippen LogP contribution in [0.3, 0.4) is 0 Å². The van der Waals surface area contributed by atoms with Crippen molar-refractivity contribution in [1.29, 1.82) is 0 Å². The Balaban J connectivity index is 0.00000132. The van der Waals surface area contributed by atoms with Crippen LogP contribution in [0, 0.1) is 11.6 Å². The van der Waals surface area contributed by atoms with E-state index in [-0.39, 0.29) is 29.5 Å². The molecule has 2 aliphatic heterocycles. The lowest BCUT2D eigenvalue weighted by Crippen LogP contribution is -2.41. The SMILES string of the molecule is CC.CN1NC(C(=O)CNc2c(F)cccc2F)C=C1c1ccc2c(c1)OC(F)(F)O2. The van der Waals surface area contributed by atoms with E-state index >= 15 is 0 Å². The monoisotopic (exact) mass is 439 g/mol. The molecule has 2 aromatic carbocycles. The van der Waals surface area contributed by atoms with Gasteiger partial charge in [-0.05, 0) is 36.4 Å². The first kappa shape index (κ1) is 22.4. The van der Waals surface area contributed by atoms with Crippen LogP contribution in [-0.2, 0) is 4.79 Å². The minimum Gasteiger partial charge on any atom is -0.395 e. The number of anilines is 1. The summed E-state index contributed by atoms with van der Waals surface area (Å²) in [5, 5.41) is 4.01. The molecule has 2 aromatic rings. The first-order chi connectivity index (χ1) is 14.7. The Hall–Kier alpha value is -3.27. The Morgan fingerprint density at radius 1 is 1.13 bits per heavy atom. The highest BCUT2D eigenvalue weighted by molar-refractivity contribution is 5.92. The van der Waals surface area contributed by atoms with Gasteiger partial charge in [0.25, 0.3) is 0 Å². The van der Waals surface area contributed by atoms with E-state index in [1.165, 1.54) is 18.2 Å². The van der Waals surface area contributed by atoms with Crippen molar-refractivity contribution >= 4 is 17.2 Å². The standard InChI is InChI=1S/C19H15F4N3O3.C2H6/c1-26-14(10-5-6-16-17(7-10)29-19(22,23)28-16)8-13(25-26)15(27)9-24-18-11(20)3-2-4-12(18)21;1-2/h2-8,13,24-25H,9H2,1H3;1-2H3. The van der Waals surface area contributed by atoms with Crippen molar-refractivity contribution in [3.05, 3.63) is 59.7 Å². The molecule has 0 bridgehead atoms. The van der Waals surface area contributed by atoms with Gasteiger partial charge in [0.1, 0.15) is 23.4 Å². The van der Waals surface area contributed by atoms with Crippen LogP contribution in [0.15, 0.2) is 42.5 Å². The summed E-state index contributed by atoms with van der Waals surface area (Å²) in [6.45, 7) is 3.68. The minimum atomic E-state index is -3.72. The predicted molar refractivity (Wildman–Crippen MR) is 107 cm³/mol. The number of ether oxygens (including phenoxy) is 2. The van der Waals surface area contributed by atoms with Crippen LogP contribution in [-0.4, -0.2) is 36.7 Å². The second-order valence-electron chi connectivity index (χ2n) is 6.46. The second-order valence-corrected chi connectivity index (χ2v) is 6.46. The Morgan fingerprint density at radius 3 is 2.45 bits per heavy atom. The van der Waals surface area contributed by atoms with Gasteiger partial charge in [0.05, 0.1) is 12.2 Å². The van der Waals surface area contributed by atoms with Crippen molar-refractivity contribution < 1.29 is 31.8 Å². The van der Waals surface area contributed by atoms with Gasteiger partial charge in [0.2, 0.25) is 0 Å². The molecule has 0 amide bonds. The van der Waals surface area contributed by atoms with Gasteiger partial charge in [-0.3, -0.25) is 4.79 Å². The van der Waals surface area contributed by atoms with E-state index in [0.29, 0.717) is 11.3 Å². The Bertz CT molecular complexity index is 993. The summed E-state index contributed by atoms with van der Waals surface area (Å²) >= 11 is 0. The summed E-state index contributed by atoms with van der Waals surface area (Å²) in [5.41, 5.74) is 3.57. The van der Waals surface area contributed by atoms with Crippen LogP contribution < -0.4 is 20.2 Å². The van der Waals surface area contributed by atoms with Crippen LogP contribution in [0.1, 0.15) is 19.4 Å². The van der Waals surface area contributed by atoms with Crippen LogP contribution in [0.2, 0.25) is 0 Å². The number of hydrogen-bond acceptors (Lipinski definition) is 6. The van der Waals surface area contributed by atoms with Crippen LogP contribution in [0.25, 0.3) is 5.70 Å². The van der Waals surface area contributed by atoms with Crippen LogP contribution >= 0.6 is 0 Å². The van der Waals surface area contributed by atoms with Crippen molar-refractivity contribution in [2.45, 2.75) is 26.2 Å². The van der Waals surface area contributed by atoms with Crippen molar-refractivity contribution in [3.63, 3.8) is 0 Å². The van der Waals surface area contributed by atoms with Gasteiger partial charge in [0, 0.05) is 12.6 Å². The van der Waals surface area contributed by atoms with Crippen molar-refractivity contribution in [3.8, 4) is 11.5 Å². The lowest BCUT2D eigenvalue weighted by molar-refractivity contribution is -0.286. The molecule has 10 heteroatoms. The summed E-state index contributed by atoms with van der Waals surface area (Å²) in [4.78, 5) is 12.5. The molecule has 0 saturated carbocycles. The number of hydrazine groups is 1. The molecule has 2 N–H and O–H groups in total. The molecule has 2 heterocycles. The van der Waals surface area contributed by atoms with E-state index < -0.39 is 24.0 Å². The number of fused-ring (bicyclic) bond motifs is 1. The molecular weight excluding hydrogens is 418 g/mol. The Morgan fingerprint density at radius 2 is 1.77 bits per heavy atom. The van der Waals surface area contributed by atoms with Gasteiger partial charge in [-0.2, -0.15) is 0 Å². The van der Waals surface area contributed by atoms with Gasteiger partial charge < -0.3 is 19.8 Å². The first-order valence-electron chi connectivity index (χ1n) is 9.56. The van der Waals surface area contributed by atoms with Gasteiger partial charge >= 0.3 is 6.29 Å². The average molecular weight is 439 g/mol. The molecule has 0 aliphatic carbocycles. The second kappa shape index (κ2) is 8.84. The van der Waals surface area contributed by atoms with Crippen molar-refractivity contribution in [2.24, 2.45) is 0 Å². The predicted octanol–water partition coefficient (Wildman–Crippen LogP) is 4.15. The van der Waals surface area contributed by atoms with Gasteiger partial charge in [0.15, 0.2) is 17.3 Å². The molecule has 0 fully saturated rings. The molecule has 6 nitrogen and oxygen atoms in total. The number of rotatable bonds is 5. The number of carbonyl (C=O) groups is 1. The summed E-state index contributed by atoms with van der Waals surface area (Å²) in [6, 6.07) is 6.88. The summed E-state index contributed by atoms with van der Waals surface area (Å²) < 4.78 is 62.5. The molecule has 4 rings (SSSR count). The third-order valence-corrected chi connectivity index (χ3v) is 4.46. The fraction of sp³-hybridized carbons (Fsp3) is 0.286. The van der Waals surface area contributed by atoms with E-state index in [0.717, 1.165) is 12.1 Å². The zero-order valence-electron chi connectivity index (χ0n) is 17.0. The number of carbonyl (C=O) groups excluding carboxylic acids is 1. The van der Waals surface area contributed by atoms with Crippen molar-refractivity contribution in [1.82, 2.24) is 10.4 Å². The fourth-order valence-electron chi connectivity index (χ4n) is 3.10. The molecule has 166 valence electrons. The number of hydrogen-bond donors (Lipinski definition) is 2. The minimum absolute atomic E-state index is 0.0864. The molecule has 0 spiro atoms. The maximum Gasteiger partial charge on any atom is 0.586 e. The molecule has 0 aromatic heterocycles. The summed E-state index contributed by atoms with van der Waals surface area (Å²) in [6.07, 6.45) is -2.14. The quantitative estimate of drug-likeness (QED) is 0.683. The number of alkyl halides is 2. The molecule has 0 radical (unpaired) electrons. The number of ketones is 1. The zero-order chi connectivity index (χ0) is 22.8. The average Bonchev–Trinajstić information content (AvgIpc) is 3.26. The van der Waals surface area contributed by atoms with Gasteiger partial charge in [-0.15, -0.1) is 8.78 Å². The smallest absolute Gasteiger partial charge is 0.395 e. The third-order valence-electron chi connectivity index (χ3n) is 4.46. The molecule has 31 heavy (non-hydrogen) atoms. The molecular formula is C21H21F4N3O3. The number of para-hydroxylation sites is 1. The van der Waals surface area contributed by atoms with E-state index in [1.807, 2.05) is 13.8 Å². The topological polar surface area (TPSA) is 62.8 Å². The first-order valence-corrected chi connectivity index (χ1v) is 9.56. The maximum absolute atomic E-state index is 13.7. The highest BCUT2D eigenvalue weighted by Crippen LogP contribution is 2.42. The lowest BCUT2D eigenvalue weighted by Gasteiger charge is -2.18.